The molecule has 0 unspecified atom stereocenters. The molecule has 9 heteroatoms. The number of urea groups is 1. The summed E-state index contributed by atoms with van der Waals surface area (Å²) in [6.45, 7) is 2.35. The molecule has 0 saturated carbocycles. The van der Waals surface area contributed by atoms with Crippen LogP contribution in [0.3, 0.4) is 0 Å². The van der Waals surface area contributed by atoms with E-state index in [1.807, 2.05) is 4.90 Å². The lowest BCUT2D eigenvalue weighted by atomic mass is 10.1. The van der Waals surface area contributed by atoms with Crippen LogP contribution in [0.4, 0.5) is 35.0 Å². The Hall–Kier alpha value is -3.07. The summed E-state index contributed by atoms with van der Waals surface area (Å²) in [5.74, 6) is 0. The highest BCUT2D eigenvalue weighted by molar-refractivity contribution is 6.00. The molecule has 2 N–H and O–H groups in total. The van der Waals surface area contributed by atoms with Crippen molar-refractivity contribution >= 4 is 29.4 Å². The number of aldehydes is 1. The number of alkyl halides is 3. The fraction of sp³-hybridized carbons (Fsp3) is 0.263. The normalized spacial score (nSPS) is 14.5. The minimum atomic E-state index is -4.43. The number of rotatable bonds is 4. The van der Waals surface area contributed by atoms with E-state index in [0.29, 0.717) is 43.2 Å². The summed E-state index contributed by atoms with van der Waals surface area (Å²) in [6.07, 6.45) is -3.69. The van der Waals surface area contributed by atoms with Crippen LogP contribution in [0, 0.1) is 0 Å². The number of nitrogens with one attached hydrogen (secondary N) is 2. The Bertz CT molecular complexity index is 848. The van der Waals surface area contributed by atoms with E-state index in [1.165, 1.54) is 12.1 Å². The molecular formula is C19H18F3N3O3. The van der Waals surface area contributed by atoms with Crippen molar-refractivity contribution in [3.8, 4) is 0 Å². The van der Waals surface area contributed by atoms with Gasteiger partial charge in [-0.05, 0) is 42.5 Å². The molecule has 1 heterocycles. The summed E-state index contributed by atoms with van der Waals surface area (Å²) in [7, 11) is 0. The lowest BCUT2D eigenvalue weighted by Gasteiger charge is -2.30. The van der Waals surface area contributed by atoms with Gasteiger partial charge in [-0.1, -0.05) is 0 Å². The van der Waals surface area contributed by atoms with Crippen molar-refractivity contribution in [3.05, 3.63) is 53.6 Å². The highest BCUT2D eigenvalue weighted by Gasteiger charge is 2.30. The van der Waals surface area contributed by atoms with Crippen molar-refractivity contribution in [1.82, 2.24) is 0 Å². The SMILES string of the molecule is O=Cc1ccc(NC(=O)Nc2ccc(C(F)(F)F)cc2)cc1N1CCOCC1. The Kier molecular flexibility index (Phi) is 5.84. The van der Waals surface area contributed by atoms with Crippen LogP contribution in [0.15, 0.2) is 42.5 Å². The van der Waals surface area contributed by atoms with Gasteiger partial charge in [-0.25, -0.2) is 4.79 Å². The maximum atomic E-state index is 12.6. The number of nitrogens with zero attached hydrogens (tertiary/aromatic N) is 1. The number of benzene rings is 2. The van der Waals surface area contributed by atoms with Gasteiger partial charge in [0.15, 0.2) is 6.29 Å². The number of carbonyl (C=O) groups excluding carboxylic acids is 2. The van der Waals surface area contributed by atoms with Crippen LogP contribution < -0.4 is 15.5 Å². The molecule has 0 aliphatic carbocycles. The Morgan fingerprint density at radius 2 is 1.61 bits per heavy atom. The van der Waals surface area contributed by atoms with Crippen LogP contribution in [0.5, 0.6) is 0 Å². The van der Waals surface area contributed by atoms with Crippen molar-refractivity contribution in [1.29, 1.82) is 0 Å². The molecule has 1 fully saturated rings. The highest BCUT2D eigenvalue weighted by atomic mass is 19.4. The molecule has 3 rings (SSSR count). The van der Waals surface area contributed by atoms with E-state index in [4.69, 9.17) is 4.74 Å². The number of morpholine rings is 1. The van der Waals surface area contributed by atoms with Crippen LogP contribution in [-0.4, -0.2) is 38.6 Å². The zero-order chi connectivity index (χ0) is 20.1. The van der Waals surface area contributed by atoms with Crippen molar-refractivity contribution in [2.75, 3.05) is 41.8 Å². The molecule has 6 nitrogen and oxygen atoms in total. The summed E-state index contributed by atoms with van der Waals surface area (Å²) in [5.41, 5.74) is 1.07. The molecule has 148 valence electrons. The largest absolute Gasteiger partial charge is 0.416 e. The molecule has 0 radical (unpaired) electrons. The van der Waals surface area contributed by atoms with Crippen LogP contribution >= 0.6 is 0 Å². The molecular weight excluding hydrogens is 375 g/mol. The van der Waals surface area contributed by atoms with E-state index < -0.39 is 17.8 Å². The lowest BCUT2D eigenvalue weighted by molar-refractivity contribution is -0.137. The second kappa shape index (κ2) is 8.30. The van der Waals surface area contributed by atoms with Gasteiger partial charge in [0.05, 0.1) is 18.8 Å². The predicted octanol–water partition coefficient (Wildman–Crippen LogP) is 4.00. The number of hydrogen-bond acceptors (Lipinski definition) is 4. The second-order valence-corrected chi connectivity index (χ2v) is 6.15. The van der Waals surface area contributed by atoms with E-state index in [9.17, 15) is 22.8 Å². The summed E-state index contributed by atoms with van der Waals surface area (Å²) in [6, 6.07) is 8.41. The van der Waals surface area contributed by atoms with Crippen molar-refractivity contribution < 1.29 is 27.5 Å². The molecule has 0 atom stereocenters. The van der Waals surface area contributed by atoms with Crippen molar-refractivity contribution in [2.24, 2.45) is 0 Å². The first-order valence-electron chi connectivity index (χ1n) is 8.54. The minimum Gasteiger partial charge on any atom is -0.378 e. The molecule has 2 aromatic carbocycles. The van der Waals surface area contributed by atoms with Crippen LogP contribution in [0.1, 0.15) is 15.9 Å². The third kappa shape index (κ3) is 4.80. The van der Waals surface area contributed by atoms with E-state index in [1.54, 1.807) is 18.2 Å². The Labute approximate surface area is 159 Å². The third-order valence-electron chi connectivity index (χ3n) is 4.24. The van der Waals surface area contributed by atoms with Gasteiger partial charge >= 0.3 is 12.2 Å². The van der Waals surface area contributed by atoms with E-state index in [-0.39, 0.29) is 5.69 Å². The molecule has 1 aliphatic heterocycles. The zero-order valence-electron chi connectivity index (χ0n) is 14.8. The van der Waals surface area contributed by atoms with Gasteiger partial charge in [-0.15, -0.1) is 0 Å². The Morgan fingerprint density at radius 3 is 2.21 bits per heavy atom. The zero-order valence-corrected chi connectivity index (χ0v) is 14.8. The second-order valence-electron chi connectivity index (χ2n) is 6.15. The number of anilines is 3. The highest BCUT2D eigenvalue weighted by Crippen LogP contribution is 2.30. The smallest absolute Gasteiger partial charge is 0.378 e. The number of amides is 2. The van der Waals surface area contributed by atoms with E-state index in [2.05, 4.69) is 10.6 Å². The number of halogens is 3. The van der Waals surface area contributed by atoms with Gasteiger partial charge in [0.25, 0.3) is 0 Å². The monoisotopic (exact) mass is 393 g/mol. The predicted molar refractivity (Wildman–Crippen MR) is 98.9 cm³/mol. The molecule has 0 bridgehead atoms. The maximum absolute atomic E-state index is 12.6. The number of ether oxygens (including phenoxy) is 1. The molecule has 1 saturated heterocycles. The first-order valence-corrected chi connectivity index (χ1v) is 8.54. The average molecular weight is 393 g/mol. The van der Waals surface area contributed by atoms with Gasteiger partial charge in [0.2, 0.25) is 0 Å². The third-order valence-corrected chi connectivity index (χ3v) is 4.24. The number of carbonyl (C=O) groups is 2. The van der Waals surface area contributed by atoms with Gasteiger partial charge in [-0.2, -0.15) is 13.2 Å². The first-order chi connectivity index (χ1) is 13.4. The fourth-order valence-corrected chi connectivity index (χ4v) is 2.84. The molecule has 2 amide bonds. The summed E-state index contributed by atoms with van der Waals surface area (Å²) < 4.78 is 43.1. The van der Waals surface area contributed by atoms with Crippen LogP contribution in [0.2, 0.25) is 0 Å². The molecule has 1 aliphatic rings. The van der Waals surface area contributed by atoms with Gasteiger partial charge < -0.3 is 20.3 Å². The van der Waals surface area contributed by atoms with Gasteiger partial charge in [-0.3, -0.25) is 4.79 Å². The summed E-state index contributed by atoms with van der Waals surface area (Å²) in [5, 5.41) is 5.10. The Balaban J connectivity index is 1.69. The fourth-order valence-electron chi connectivity index (χ4n) is 2.84. The molecule has 0 aromatic heterocycles. The number of hydrogen-bond donors (Lipinski definition) is 2. The molecule has 28 heavy (non-hydrogen) atoms. The summed E-state index contributed by atoms with van der Waals surface area (Å²) in [4.78, 5) is 25.5. The van der Waals surface area contributed by atoms with Crippen LogP contribution in [0.25, 0.3) is 0 Å². The van der Waals surface area contributed by atoms with Crippen molar-refractivity contribution in [2.45, 2.75) is 6.18 Å². The summed E-state index contributed by atoms with van der Waals surface area (Å²) >= 11 is 0. The van der Waals surface area contributed by atoms with Gasteiger partial charge in [0, 0.05) is 35.7 Å². The topological polar surface area (TPSA) is 70.7 Å². The quantitative estimate of drug-likeness (QED) is 0.771. The van der Waals surface area contributed by atoms with Gasteiger partial charge in [0.1, 0.15) is 0 Å². The van der Waals surface area contributed by atoms with Crippen molar-refractivity contribution in [3.63, 3.8) is 0 Å². The lowest BCUT2D eigenvalue weighted by Crippen LogP contribution is -2.36. The molecule has 2 aromatic rings. The minimum absolute atomic E-state index is 0.225. The Morgan fingerprint density at radius 1 is 1.00 bits per heavy atom. The van der Waals surface area contributed by atoms with Crippen LogP contribution in [-0.2, 0) is 10.9 Å². The average Bonchev–Trinajstić information content (AvgIpc) is 2.68. The maximum Gasteiger partial charge on any atom is 0.416 e. The van der Waals surface area contributed by atoms with E-state index in [0.717, 1.165) is 18.4 Å². The standard InChI is InChI=1S/C19H18F3N3O3/c20-19(21,22)14-2-5-15(6-3-14)23-18(27)24-16-4-1-13(12-26)17(11-16)25-7-9-28-10-8-25/h1-6,11-12H,7-10H2,(H2,23,24,27). The first kappa shape index (κ1) is 19.7. The molecule has 0 spiro atoms. The van der Waals surface area contributed by atoms with E-state index >= 15 is 0 Å².